The molecule has 2 aromatic rings. The summed E-state index contributed by atoms with van der Waals surface area (Å²) in [4.78, 5) is 15.7. The van der Waals surface area contributed by atoms with Crippen molar-refractivity contribution in [2.24, 2.45) is 0 Å². The summed E-state index contributed by atoms with van der Waals surface area (Å²) < 4.78 is 1.14. The van der Waals surface area contributed by atoms with Crippen molar-refractivity contribution in [3.8, 4) is 0 Å². The van der Waals surface area contributed by atoms with Gasteiger partial charge >= 0.3 is 0 Å². The number of amides is 1. The van der Waals surface area contributed by atoms with Crippen molar-refractivity contribution in [3.05, 3.63) is 23.8 Å². The van der Waals surface area contributed by atoms with Gasteiger partial charge < -0.3 is 10.6 Å². The molecule has 0 aliphatic carbocycles. The van der Waals surface area contributed by atoms with E-state index in [1.807, 2.05) is 19.1 Å². The average molecular weight is 249 g/mol. The van der Waals surface area contributed by atoms with E-state index in [4.69, 9.17) is 0 Å². The van der Waals surface area contributed by atoms with E-state index in [1.165, 1.54) is 5.56 Å². The summed E-state index contributed by atoms with van der Waals surface area (Å²) in [5.41, 5.74) is 2.19. The quantitative estimate of drug-likeness (QED) is 0.873. The number of aryl methyl sites for hydroxylation is 1. The minimum atomic E-state index is -0.0112. The van der Waals surface area contributed by atoms with E-state index in [2.05, 4.69) is 28.6 Å². The Morgan fingerprint density at radius 1 is 1.47 bits per heavy atom. The van der Waals surface area contributed by atoms with Crippen molar-refractivity contribution >= 4 is 32.6 Å². The summed E-state index contributed by atoms with van der Waals surface area (Å²) in [6.45, 7) is 4.88. The van der Waals surface area contributed by atoms with Crippen molar-refractivity contribution in [2.45, 2.75) is 13.8 Å². The molecule has 0 radical (unpaired) electrons. The molecule has 2 N–H and O–H groups in total. The Morgan fingerprint density at radius 3 is 3.06 bits per heavy atom. The fourth-order valence-corrected chi connectivity index (χ4v) is 2.48. The van der Waals surface area contributed by atoms with E-state index in [0.717, 1.165) is 15.3 Å². The van der Waals surface area contributed by atoms with Gasteiger partial charge in [0.25, 0.3) is 0 Å². The fourth-order valence-electron chi connectivity index (χ4n) is 1.52. The number of thiazole rings is 1. The smallest absolute Gasteiger partial charge is 0.239 e. The summed E-state index contributed by atoms with van der Waals surface area (Å²) in [6, 6.07) is 6.14. The number of benzene rings is 1. The van der Waals surface area contributed by atoms with Gasteiger partial charge in [0.2, 0.25) is 5.91 Å². The topological polar surface area (TPSA) is 54.0 Å². The van der Waals surface area contributed by atoms with Crippen molar-refractivity contribution in [3.63, 3.8) is 0 Å². The molecule has 2 rings (SSSR count). The molecule has 0 aliphatic rings. The zero-order valence-electron chi connectivity index (χ0n) is 9.91. The maximum atomic E-state index is 11.3. The van der Waals surface area contributed by atoms with E-state index in [0.29, 0.717) is 6.54 Å². The first-order valence-corrected chi connectivity index (χ1v) is 6.38. The molecular weight excluding hydrogens is 234 g/mol. The summed E-state index contributed by atoms with van der Waals surface area (Å²) in [7, 11) is 0. The normalized spacial score (nSPS) is 10.5. The van der Waals surface area contributed by atoms with Crippen LogP contribution in [0, 0.1) is 6.92 Å². The lowest BCUT2D eigenvalue weighted by Gasteiger charge is -2.01. The van der Waals surface area contributed by atoms with Crippen molar-refractivity contribution in [1.82, 2.24) is 10.3 Å². The van der Waals surface area contributed by atoms with Crippen LogP contribution >= 0.6 is 11.3 Å². The zero-order chi connectivity index (χ0) is 12.3. The molecule has 0 bridgehead atoms. The Kier molecular flexibility index (Phi) is 3.58. The molecule has 0 spiro atoms. The minimum Gasteiger partial charge on any atom is -0.355 e. The first-order chi connectivity index (χ1) is 8.19. The first kappa shape index (κ1) is 11.9. The molecule has 0 unspecified atom stereocenters. The van der Waals surface area contributed by atoms with Gasteiger partial charge in [-0.05, 0) is 31.5 Å². The second kappa shape index (κ2) is 5.14. The lowest BCUT2D eigenvalue weighted by molar-refractivity contribution is -0.119. The Morgan fingerprint density at radius 2 is 2.29 bits per heavy atom. The third-order valence-corrected chi connectivity index (χ3v) is 3.29. The van der Waals surface area contributed by atoms with Crippen LogP contribution in [0.15, 0.2) is 18.2 Å². The third-order valence-electron chi connectivity index (χ3n) is 2.32. The summed E-state index contributed by atoms with van der Waals surface area (Å²) in [5.74, 6) is -0.0112. The molecule has 0 atom stereocenters. The molecule has 1 aromatic carbocycles. The van der Waals surface area contributed by atoms with Crippen LogP contribution in [0.5, 0.6) is 0 Å². The van der Waals surface area contributed by atoms with Gasteiger partial charge in [-0.25, -0.2) is 4.98 Å². The molecule has 17 heavy (non-hydrogen) atoms. The standard InChI is InChI=1S/C12H15N3OS/c1-3-13-11(16)7-14-12-15-9-5-4-8(2)6-10(9)17-12/h4-6H,3,7H2,1-2H3,(H,13,16)(H,14,15). The number of hydrogen-bond acceptors (Lipinski definition) is 4. The Bertz CT molecular complexity index is 536. The molecule has 1 heterocycles. The highest BCUT2D eigenvalue weighted by Gasteiger charge is 2.05. The zero-order valence-corrected chi connectivity index (χ0v) is 10.7. The van der Waals surface area contributed by atoms with Crippen molar-refractivity contribution in [1.29, 1.82) is 0 Å². The maximum absolute atomic E-state index is 11.3. The van der Waals surface area contributed by atoms with Crippen LogP contribution in [0.2, 0.25) is 0 Å². The molecule has 90 valence electrons. The Hall–Kier alpha value is -1.62. The van der Waals surface area contributed by atoms with Crippen LogP contribution in [0.1, 0.15) is 12.5 Å². The van der Waals surface area contributed by atoms with Gasteiger partial charge in [0.1, 0.15) is 0 Å². The number of nitrogens with zero attached hydrogens (tertiary/aromatic N) is 1. The first-order valence-electron chi connectivity index (χ1n) is 5.57. The molecule has 0 fully saturated rings. The van der Waals surface area contributed by atoms with E-state index < -0.39 is 0 Å². The average Bonchev–Trinajstić information content (AvgIpc) is 2.68. The van der Waals surface area contributed by atoms with Crippen LogP contribution in [0.4, 0.5) is 5.13 Å². The summed E-state index contributed by atoms with van der Waals surface area (Å²) in [5, 5.41) is 6.56. The van der Waals surface area contributed by atoms with Crippen LogP contribution in [0.25, 0.3) is 10.2 Å². The highest BCUT2D eigenvalue weighted by atomic mass is 32.1. The van der Waals surface area contributed by atoms with Gasteiger partial charge in [0, 0.05) is 6.54 Å². The Labute approximate surface area is 104 Å². The fraction of sp³-hybridized carbons (Fsp3) is 0.333. The van der Waals surface area contributed by atoms with Crippen LogP contribution in [-0.4, -0.2) is 24.0 Å². The van der Waals surface area contributed by atoms with Crippen LogP contribution < -0.4 is 10.6 Å². The largest absolute Gasteiger partial charge is 0.355 e. The molecule has 4 nitrogen and oxygen atoms in total. The van der Waals surface area contributed by atoms with Gasteiger partial charge in [-0.2, -0.15) is 0 Å². The van der Waals surface area contributed by atoms with Crippen molar-refractivity contribution < 1.29 is 4.79 Å². The maximum Gasteiger partial charge on any atom is 0.239 e. The lowest BCUT2D eigenvalue weighted by atomic mass is 10.2. The molecule has 5 heteroatoms. The number of aromatic nitrogens is 1. The van der Waals surface area contributed by atoms with E-state index in [1.54, 1.807) is 11.3 Å². The predicted molar refractivity (Wildman–Crippen MR) is 71.5 cm³/mol. The van der Waals surface area contributed by atoms with E-state index in [9.17, 15) is 4.79 Å². The number of hydrogen-bond donors (Lipinski definition) is 2. The number of anilines is 1. The highest BCUT2D eigenvalue weighted by Crippen LogP contribution is 2.26. The van der Waals surface area contributed by atoms with Gasteiger partial charge in [-0.3, -0.25) is 4.79 Å². The number of nitrogens with one attached hydrogen (secondary N) is 2. The van der Waals surface area contributed by atoms with Gasteiger partial charge in [0.05, 0.1) is 16.8 Å². The van der Waals surface area contributed by atoms with Crippen LogP contribution in [0.3, 0.4) is 0 Å². The molecular formula is C12H15N3OS. The number of fused-ring (bicyclic) bond motifs is 1. The number of carbonyl (C=O) groups excluding carboxylic acids is 1. The minimum absolute atomic E-state index is 0.0112. The van der Waals surface area contributed by atoms with Gasteiger partial charge in [-0.1, -0.05) is 17.4 Å². The molecule has 0 aliphatic heterocycles. The Balaban J connectivity index is 2.07. The second-order valence-electron chi connectivity index (χ2n) is 3.80. The summed E-state index contributed by atoms with van der Waals surface area (Å²) in [6.07, 6.45) is 0. The summed E-state index contributed by atoms with van der Waals surface area (Å²) >= 11 is 1.57. The second-order valence-corrected chi connectivity index (χ2v) is 4.83. The molecule has 1 aromatic heterocycles. The molecule has 1 amide bonds. The van der Waals surface area contributed by atoms with E-state index >= 15 is 0 Å². The predicted octanol–water partition coefficient (Wildman–Crippen LogP) is 2.15. The number of likely N-dealkylation sites (N-methyl/N-ethyl adjacent to an activating group) is 1. The SMILES string of the molecule is CCNC(=O)CNc1nc2ccc(C)cc2s1. The molecule has 0 saturated carbocycles. The van der Waals surface area contributed by atoms with Crippen molar-refractivity contribution in [2.75, 3.05) is 18.4 Å². The van der Waals surface area contributed by atoms with E-state index in [-0.39, 0.29) is 12.5 Å². The number of carbonyl (C=O) groups is 1. The highest BCUT2D eigenvalue weighted by molar-refractivity contribution is 7.22. The van der Waals surface area contributed by atoms with Gasteiger partial charge in [-0.15, -0.1) is 0 Å². The lowest BCUT2D eigenvalue weighted by Crippen LogP contribution is -2.29. The van der Waals surface area contributed by atoms with Gasteiger partial charge in [0.15, 0.2) is 5.13 Å². The third kappa shape index (κ3) is 2.94. The molecule has 0 saturated heterocycles. The van der Waals surface area contributed by atoms with Crippen LogP contribution in [-0.2, 0) is 4.79 Å². The monoisotopic (exact) mass is 249 g/mol. The number of rotatable bonds is 4.